The number of ketones is 1. The number of rotatable bonds is 3. The first-order chi connectivity index (χ1) is 6.77. The molecule has 1 aliphatic carbocycles. The second-order valence-electron chi connectivity index (χ2n) is 3.41. The Balaban J connectivity index is 2.04. The number of thiophene rings is 1. The second-order valence-corrected chi connectivity index (χ2v) is 4.82. The lowest BCUT2D eigenvalue weighted by Gasteiger charge is -1.99. The highest BCUT2D eigenvalue weighted by molar-refractivity contribution is 7.10. The number of halogens is 1. The quantitative estimate of drug-likeness (QED) is 0.770. The molecule has 1 nitrogen and oxygen atoms in total. The van der Waals surface area contributed by atoms with Gasteiger partial charge in [0.2, 0.25) is 0 Å². The maximum Gasteiger partial charge on any atom is 0.163 e. The predicted molar refractivity (Wildman–Crippen MR) is 60.0 cm³/mol. The molecule has 0 atom stereocenters. The Hall–Kier alpha value is -0.600. The van der Waals surface area contributed by atoms with E-state index in [0.29, 0.717) is 6.42 Å². The zero-order valence-corrected chi connectivity index (χ0v) is 9.33. The summed E-state index contributed by atoms with van der Waals surface area (Å²) in [7, 11) is 0. The summed E-state index contributed by atoms with van der Waals surface area (Å²) in [5, 5.41) is 2.65. The van der Waals surface area contributed by atoms with Crippen LogP contribution in [0.15, 0.2) is 23.1 Å². The third kappa shape index (κ3) is 2.07. The molecule has 1 aliphatic rings. The molecule has 1 aromatic rings. The fourth-order valence-electron chi connectivity index (χ4n) is 1.63. The van der Waals surface area contributed by atoms with Crippen molar-refractivity contribution in [3.05, 3.63) is 33.0 Å². The smallest absolute Gasteiger partial charge is 0.163 e. The molecule has 0 bridgehead atoms. The van der Waals surface area contributed by atoms with Gasteiger partial charge in [-0.15, -0.1) is 11.3 Å². The van der Waals surface area contributed by atoms with E-state index in [2.05, 4.69) is 6.08 Å². The van der Waals surface area contributed by atoms with Gasteiger partial charge in [0.05, 0.1) is 5.02 Å². The van der Waals surface area contributed by atoms with Crippen LogP contribution in [0.2, 0.25) is 5.02 Å². The van der Waals surface area contributed by atoms with E-state index in [1.807, 2.05) is 11.4 Å². The molecule has 0 aliphatic heterocycles. The number of allylic oxidation sites excluding steroid dienone is 2. The average Bonchev–Trinajstić information content (AvgIpc) is 2.77. The largest absolute Gasteiger partial charge is 0.294 e. The normalized spacial score (nSPS) is 15.6. The highest BCUT2D eigenvalue weighted by Crippen LogP contribution is 2.26. The monoisotopic (exact) mass is 226 g/mol. The molecule has 0 fully saturated rings. The van der Waals surface area contributed by atoms with Crippen molar-refractivity contribution in [2.75, 3.05) is 0 Å². The summed E-state index contributed by atoms with van der Waals surface area (Å²) in [6.45, 7) is 0. The molecule has 1 heterocycles. The van der Waals surface area contributed by atoms with Gasteiger partial charge < -0.3 is 0 Å². The fourth-order valence-corrected chi connectivity index (χ4v) is 2.74. The number of carbonyl (C=O) groups excluding carboxylic acids is 1. The van der Waals surface area contributed by atoms with Gasteiger partial charge in [0.25, 0.3) is 0 Å². The topological polar surface area (TPSA) is 17.1 Å². The van der Waals surface area contributed by atoms with Crippen molar-refractivity contribution in [1.82, 2.24) is 0 Å². The summed E-state index contributed by atoms with van der Waals surface area (Å²) in [6.07, 6.45) is 5.66. The molecule has 0 aromatic carbocycles. The van der Waals surface area contributed by atoms with Crippen LogP contribution in [-0.4, -0.2) is 5.78 Å². The SMILES string of the molecule is O=C(Cc1sccc1Cl)C1=CCCC1. The van der Waals surface area contributed by atoms with Crippen LogP contribution < -0.4 is 0 Å². The molecule has 0 amide bonds. The molecule has 0 saturated heterocycles. The molecule has 0 unspecified atom stereocenters. The molecule has 0 N–H and O–H groups in total. The van der Waals surface area contributed by atoms with Crippen LogP contribution in [0.4, 0.5) is 0 Å². The van der Waals surface area contributed by atoms with Crippen LogP contribution in [0.25, 0.3) is 0 Å². The maximum atomic E-state index is 11.7. The average molecular weight is 227 g/mol. The summed E-state index contributed by atoms with van der Waals surface area (Å²) in [4.78, 5) is 12.7. The molecule has 14 heavy (non-hydrogen) atoms. The molecule has 0 radical (unpaired) electrons. The fraction of sp³-hybridized carbons (Fsp3) is 0.364. The van der Waals surface area contributed by atoms with Gasteiger partial charge in [-0.3, -0.25) is 4.79 Å². The van der Waals surface area contributed by atoms with Gasteiger partial charge in [-0.2, -0.15) is 0 Å². The lowest BCUT2D eigenvalue weighted by Crippen LogP contribution is -2.03. The Morgan fingerprint density at radius 1 is 1.57 bits per heavy atom. The minimum absolute atomic E-state index is 0.242. The predicted octanol–water partition coefficient (Wildman–Crippen LogP) is 3.62. The van der Waals surface area contributed by atoms with Gasteiger partial charge >= 0.3 is 0 Å². The van der Waals surface area contributed by atoms with Gasteiger partial charge in [0.1, 0.15) is 0 Å². The first-order valence-electron chi connectivity index (χ1n) is 4.71. The standard InChI is InChI=1S/C11H11ClOS/c12-9-5-6-14-11(9)7-10(13)8-3-1-2-4-8/h3,5-6H,1-2,4,7H2. The van der Waals surface area contributed by atoms with E-state index in [4.69, 9.17) is 11.6 Å². The van der Waals surface area contributed by atoms with Crippen molar-refractivity contribution in [1.29, 1.82) is 0 Å². The molecular formula is C11H11ClOS. The van der Waals surface area contributed by atoms with Crippen molar-refractivity contribution in [3.8, 4) is 0 Å². The lowest BCUT2D eigenvalue weighted by molar-refractivity contribution is -0.115. The van der Waals surface area contributed by atoms with Gasteiger partial charge in [-0.1, -0.05) is 17.7 Å². The zero-order valence-electron chi connectivity index (χ0n) is 7.75. The molecule has 0 spiro atoms. The number of hydrogen-bond acceptors (Lipinski definition) is 2. The van der Waals surface area contributed by atoms with E-state index in [9.17, 15) is 4.79 Å². The number of Topliss-reactive ketones (excluding diaryl/α,β-unsaturated/α-hetero) is 1. The summed E-state index contributed by atoms with van der Waals surface area (Å²) >= 11 is 7.49. The van der Waals surface area contributed by atoms with Gasteiger partial charge in [-0.05, 0) is 36.3 Å². The second kappa shape index (κ2) is 4.28. The third-order valence-corrected chi connectivity index (χ3v) is 3.80. The summed E-state index contributed by atoms with van der Waals surface area (Å²) in [6, 6.07) is 1.85. The highest BCUT2D eigenvalue weighted by atomic mass is 35.5. The van der Waals surface area contributed by atoms with Crippen molar-refractivity contribution >= 4 is 28.7 Å². The minimum atomic E-state index is 0.242. The van der Waals surface area contributed by atoms with Crippen LogP contribution in [-0.2, 0) is 11.2 Å². The molecular weight excluding hydrogens is 216 g/mol. The van der Waals surface area contributed by atoms with Crippen LogP contribution in [0.5, 0.6) is 0 Å². The number of carbonyl (C=O) groups is 1. The van der Waals surface area contributed by atoms with Crippen LogP contribution in [0.1, 0.15) is 24.1 Å². The van der Waals surface area contributed by atoms with Crippen molar-refractivity contribution in [3.63, 3.8) is 0 Å². The Labute approximate surface area is 92.4 Å². The summed E-state index contributed by atoms with van der Waals surface area (Å²) in [5.74, 6) is 0.242. The molecule has 2 rings (SSSR count). The Kier molecular flexibility index (Phi) is 3.04. The molecule has 0 saturated carbocycles. The first-order valence-corrected chi connectivity index (χ1v) is 5.97. The van der Waals surface area contributed by atoms with Gasteiger partial charge in [-0.25, -0.2) is 0 Å². The van der Waals surface area contributed by atoms with E-state index >= 15 is 0 Å². The highest BCUT2D eigenvalue weighted by Gasteiger charge is 2.15. The summed E-state index contributed by atoms with van der Waals surface area (Å²) < 4.78 is 0. The van der Waals surface area contributed by atoms with E-state index in [-0.39, 0.29) is 5.78 Å². The van der Waals surface area contributed by atoms with E-state index < -0.39 is 0 Å². The van der Waals surface area contributed by atoms with Crippen LogP contribution in [0.3, 0.4) is 0 Å². The van der Waals surface area contributed by atoms with E-state index in [1.165, 1.54) is 0 Å². The first kappa shape index (κ1) is 9.94. The van der Waals surface area contributed by atoms with Gasteiger partial charge in [0.15, 0.2) is 5.78 Å². The Morgan fingerprint density at radius 3 is 3.00 bits per heavy atom. The van der Waals surface area contributed by atoms with E-state index in [1.54, 1.807) is 11.3 Å². The summed E-state index contributed by atoms with van der Waals surface area (Å²) in [5.41, 5.74) is 0.995. The van der Waals surface area contributed by atoms with E-state index in [0.717, 1.165) is 34.7 Å². The molecule has 3 heteroatoms. The molecule has 74 valence electrons. The Bertz CT molecular complexity index is 378. The van der Waals surface area contributed by atoms with Crippen LogP contribution in [0, 0.1) is 0 Å². The van der Waals surface area contributed by atoms with Crippen molar-refractivity contribution < 1.29 is 4.79 Å². The van der Waals surface area contributed by atoms with Crippen LogP contribution >= 0.6 is 22.9 Å². The van der Waals surface area contributed by atoms with Crippen molar-refractivity contribution in [2.45, 2.75) is 25.7 Å². The van der Waals surface area contributed by atoms with Crippen molar-refractivity contribution in [2.24, 2.45) is 0 Å². The minimum Gasteiger partial charge on any atom is -0.294 e. The third-order valence-electron chi connectivity index (χ3n) is 2.41. The molecule has 1 aromatic heterocycles. The zero-order chi connectivity index (χ0) is 9.97. The maximum absolute atomic E-state index is 11.7. The number of hydrogen-bond donors (Lipinski definition) is 0. The Morgan fingerprint density at radius 2 is 2.43 bits per heavy atom. The lowest BCUT2D eigenvalue weighted by atomic mass is 10.1. The van der Waals surface area contributed by atoms with Gasteiger partial charge in [0, 0.05) is 11.3 Å².